The Bertz CT molecular complexity index is 964. The van der Waals surface area contributed by atoms with Crippen LogP contribution in [0.1, 0.15) is 52.5 Å². The Morgan fingerprint density at radius 3 is 2.96 bits per heavy atom. The van der Waals surface area contributed by atoms with Gasteiger partial charge in [0, 0.05) is 29.4 Å². The van der Waals surface area contributed by atoms with E-state index in [4.69, 9.17) is 4.52 Å². The molecule has 6 heteroatoms. The monoisotopic (exact) mass is 348 g/mol. The molecule has 4 rings (SSSR count). The van der Waals surface area contributed by atoms with E-state index < -0.39 is 0 Å². The quantitative estimate of drug-likeness (QED) is 0.781. The zero-order valence-electron chi connectivity index (χ0n) is 14.8. The molecule has 0 aliphatic heterocycles. The summed E-state index contributed by atoms with van der Waals surface area (Å²) in [4.78, 5) is 21.0. The van der Waals surface area contributed by atoms with Gasteiger partial charge in [0.15, 0.2) is 0 Å². The number of benzene rings is 1. The van der Waals surface area contributed by atoms with Gasteiger partial charge in [0.25, 0.3) is 5.91 Å². The highest BCUT2D eigenvalue weighted by molar-refractivity contribution is 5.94. The number of pyridine rings is 1. The Labute approximate surface area is 151 Å². The van der Waals surface area contributed by atoms with Crippen molar-refractivity contribution in [1.29, 1.82) is 0 Å². The molecule has 0 saturated carbocycles. The van der Waals surface area contributed by atoms with Crippen molar-refractivity contribution < 1.29 is 9.32 Å². The molecule has 6 nitrogen and oxygen atoms in total. The molecule has 0 saturated heterocycles. The van der Waals surface area contributed by atoms with Crippen LogP contribution in [0.3, 0.4) is 0 Å². The molecule has 0 radical (unpaired) electrons. The van der Waals surface area contributed by atoms with Gasteiger partial charge < -0.3 is 9.84 Å². The third kappa shape index (κ3) is 3.10. The number of amides is 1. The van der Waals surface area contributed by atoms with Gasteiger partial charge in [-0.1, -0.05) is 24.2 Å². The van der Waals surface area contributed by atoms with Crippen LogP contribution < -0.4 is 5.32 Å². The first-order valence-electron chi connectivity index (χ1n) is 8.83. The van der Waals surface area contributed by atoms with Crippen LogP contribution in [-0.4, -0.2) is 21.0 Å². The van der Waals surface area contributed by atoms with Crippen LogP contribution in [0.2, 0.25) is 0 Å². The van der Waals surface area contributed by atoms with Crippen LogP contribution in [0.5, 0.6) is 0 Å². The van der Waals surface area contributed by atoms with Crippen LogP contribution in [0.15, 0.2) is 41.1 Å². The lowest BCUT2D eigenvalue weighted by molar-refractivity contribution is 0.0936. The topological polar surface area (TPSA) is 80.9 Å². The predicted molar refractivity (Wildman–Crippen MR) is 96.6 cm³/mol. The Hall–Kier alpha value is -3.02. The zero-order chi connectivity index (χ0) is 18.1. The van der Waals surface area contributed by atoms with Gasteiger partial charge in [-0.25, -0.2) is 0 Å². The highest BCUT2D eigenvalue weighted by atomic mass is 16.5. The second kappa shape index (κ2) is 6.71. The minimum absolute atomic E-state index is 0.0245. The zero-order valence-corrected chi connectivity index (χ0v) is 14.8. The van der Waals surface area contributed by atoms with E-state index in [9.17, 15) is 4.79 Å². The smallest absolute Gasteiger partial charge is 0.251 e. The number of nitrogens with one attached hydrogen (secondary N) is 1. The SMILES string of the molecule is CCc1nc(-c2ccc3c(c2)CC[C@H]3NC(=O)c2ccnc(C)c2)no1. The molecular formula is C20H20N4O2. The number of rotatable bonds is 4. The summed E-state index contributed by atoms with van der Waals surface area (Å²) in [6.07, 6.45) is 4.19. The van der Waals surface area contributed by atoms with E-state index in [1.807, 2.05) is 19.9 Å². The highest BCUT2D eigenvalue weighted by Gasteiger charge is 2.25. The van der Waals surface area contributed by atoms with Crippen molar-refractivity contribution in [2.45, 2.75) is 39.2 Å². The molecule has 2 heterocycles. The summed E-state index contributed by atoms with van der Waals surface area (Å²) in [6.45, 7) is 3.86. The normalized spacial score (nSPS) is 15.7. The molecule has 1 N–H and O–H groups in total. The van der Waals surface area contributed by atoms with Crippen molar-refractivity contribution in [2.75, 3.05) is 0 Å². The maximum Gasteiger partial charge on any atom is 0.251 e. The lowest BCUT2D eigenvalue weighted by Gasteiger charge is -2.14. The molecule has 3 aromatic rings. The first kappa shape index (κ1) is 16.4. The van der Waals surface area contributed by atoms with Gasteiger partial charge in [-0.15, -0.1) is 0 Å². The van der Waals surface area contributed by atoms with E-state index in [-0.39, 0.29) is 11.9 Å². The number of aromatic nitrogens is 3. The fourth-order valence-electron chi connectivity index (χ4n) is 3.35. The molecule has 0 spiro atoms. The molecule has 2 aromatic heterocycles. The van der Waals surface area contributed by atoms with Gasteiger partial charge in [0.05, 0.1) is 6.04 Å². The molecule has 0 unspecified atom stereocenters. The Kier molecular flexibility index (Phi) is 4.24. The second-order valence-corrected chi connectivity index (χ2v) is 6.53. The van der Waals surface area contributed by atoms with Crippen LogP contribution in [0.4, 0.5) is 0 Å². The maximum atomic E-state index is 12.5. The maximum absolute atomic E-state index is 12.5. The summed E-state index contributed by atoms with van der Waals surface area (Å²) in [5, 5.41) is 7.17. The molecule has 1 aliphatic carbocycles. The lowest BCUT2D eigenvalue weighted by Crippen LogP contribution is -2.27. The number of carbonyl (C=O) groups is 1. The fraction of sp³-hybridized carbons (Fsp3) is 0.300. The third-order valence-electron chi connectivity index (χ3n) is 4.71. The van der Waals surface area contributed by atoms with E-state index in [1.165, 1.54) is 5.56 Å². The summed E-state index contributed by atoms with van der Waals surface area (Å²) in [6, 6.07) is 9.71. The summed E-state index contributed by atoms with van der Waals surface area (Å²) in [5.41, 5.74) is 4.81. The number of aryl methyl sites for hydroxylation is 3. The molecule has 0 fully saturated rings. The largest absolute Gasteiger partial charge is 0.345 e. The van der Waals surface area contributed by atoms with Gasteiger partial charge in [0.1, 0.15) is 0 Å². The number of hydrogen-bond acceptors (Lipinski definition) is 5. The van der Waals surface area contributed by atoms with Crippen molar-refractivity contribution in [3.05, 3.63) is 64.8 Å². The summed E-state index contributed by atoms with van der Waals surface area (Å²) in [7, 11) is 0. The minimum Gasteiger partial charge on any atom is -0.345 e. The number of carbonyl (C=O) groups excluding carboxylic acids is 1. The average molecular weight is 348 g/mol. The van der Waals surface area contributed by atoms with Crippen molar-refractivity contribution in [3.63, 3.8) is 0 Å². The van der Waals surface area contributed by atoms with Crippen LogP contribution >= 0.6 is 0 Å². The highest BCUT2D eigenvalue weighted by Crippen LogP contribution is 2.34. The van der Waals surface area contributed by atoms with Gasteiger partial charge in [0.2, 0.25) is 11.7 Å². The number of fused-ring (bicyclic) bond motifs is 1. The average Bonchev–Trinajstić information content (AvgIpc) is 3.28. The second-order valence-electron chi connectivity index (χ2n) is 6.53. The van der Waals surface area contributed by atoms with Crippen LogP contribution in [-0.2, 0) is 12.8 Å². The molecule has 1 aliphatic rings. The number of nitrogens with zero attached hydrogens (tertiary/aromatic N) is 3. The third-order valence-corrected chi connectivity index (χ3v) is 4.71. The standard InChI is InChI=1S/C20H20N4O2/c1-3-18-23-19(24-26-18)14-4-6-16-13(11-14)5-7-17(16)22-20(25)15-8-9-21-12(2)10-15/h4,6,8-11,17H,3,5,7H2,1-2H3,(H,22,25)/t17-/m1/s1. The van der Waals surface area contributed by atoms with E-state index in [2.05, 4.69) is 32.6 Å². The molecule has 26 heavy (non-hydrogen) atoms. The Morgan fingerprint density at radius 2 is 2.19 bits per heavy atom. The van der Waals surface area contributed by atoms with E-state index in [0.717, 1.165) is 36.1 Å². The minimum atomic E-state index is -0.0665. The first-order chi connectivity index (χ1) is 12.6. The Morgan fingerprint density at radius 1 is 1.31 bits per heavy atom. The molecule has 0 bridgehead atoms. The lowest BCUT2D eigenvalue weighted by atomic mass is 10.0. The Balaban J connectivity index is 1.53. The summed E-state index contributed by atoms with van der Waals surface area (Å²) >= 11 is 0. The molecule has 1 aromatic carbocycles. The van der Waals surface area contributed by atoms with Crippen molar-refractivity contribution in [3.8, 4) is 11.4 Å². The van der Waals surface area contributed by atoms with Gasteiger partial charge in [-0.2, -0.15) is 4.98 Å². The van der Waals surface area contributed by atoms with Crippen LogP contribution in [0, 0.1) is 6.92 Å². The molecule has 1 atom stereocenters. The van der Waals surface area contributed by atoms with Crippen molar-refractivity contribution in [1.82, 2.24) is 20.4 Å². The van der Waals surface area contributed by atoms with E-state index in [1.54, 1.807) is 18.3 Å². The van der Waals surface area contributed by atoms with Gasteiger partial charge in [-0.3, -0.25) is 9.78 Å². The summed E-state index contributed by atoms with van der Waals surface area (Å²) in [5.74, 6) is 1.19. The summed E-state index contributed by atoms with van der Waals surface area (Å²) < 4.78 is 5.20. The van der Waals surface area contributed by atoms with E-state index in [0.29, 0.717) is 17.3 Å². The van der Waals surface area contributed by atoms with E-state index >= 15 is 0 Å². The van der Waals surface area contributed by atoms with Gasteiger partial charge in [-0.05, 0) is 49.1 Å². The number of hydrogen-bond donors (Lipinski definition) is 1. The molecule has 1 amide bonds. The van der Waals surface area contributed by atoms with Crippen LogP contribution in [0.25, 0.3) is 11.4 Å². The van der Waals surface area contributed by atoms with Crippen molar-refractivity contribution >= 4 is 5.91 Å². The fourth-order valence-corrected chi connectivity index (χ4v) is 3.35. The van der Waals surface area contributed by atoms with Crippen molar-refractivity contribution in [2.24, 2.45) is 0 Å². The molecule has 132 valence electrons. The molecular weight excluding hydrogens is 328 g/mol. The van der Waals surface area contributed by atoms with Gasteiger partial charge >= 0.3 is 0 Å². The predicted octanol–water partition coefficient (Wildman–Crippen LogP) is 3.42. The first-order valence-corrected chi connectivity index (χ1v) is 8.83.